The number of hydrogen-bond donors (Lipinski definition) is 3. The Hall–Kier alpha value is -3.21. The van der Waals surface area contributed by atoms with Gasteiger partial charge in [0.25, 0.3) is 5.91 Å². The average molecular weight is 497 g/mol. The van der Waals surface area contributed by atoms with E-state index >= 15 is 0 Å². The van der Waals surface area contributed by atoms with Crippen molar-refractivity contribution in [2.75, 3.05) is 25.1 Å². The second kappa shape index (κ2) is 12.0. The molecule has 0 unspecified atom stereocenters. The number of unbranched alkanes of at least 4 members (excludes halogenated alkanes) is 1. The number of nitrogens with one attached hydrogen (secondary N) is 2. The highest BCUT2D eigenvalue weighted by Gasteiger charge is 2.32. The third-order valence-electron chi connectivity index (χ3n) is 5.56. The van der Waals surface area contributed by atoms with Crippen LogP contribution in [0.15, 0.2) is 30.3 Å². The predicted molar refractivity (Wildman–Crippen MR) is 120 cm³/mol. The van der Waals surface area contributed by atoms with Gasteiger partial charge in [0.2, 0.25) is 0 Å². The van der Waals surface area contributed by atoms with Gasteiger partial charge >= 0.3 is 12.1 Å². The molecule has 1 aliphatic heterocycles. The highest BCUT2D eigenvalue weighted by molar-refractivity contribution is 5.96. The Morgan fingerprint density at radius 3 is 2.71 bits per heavy atom. The van der Waals surface area contributed by atoms with E-state index in [0.29, 0.717) is 18.7 Å². The second-order valence-corrected chi connectivity index (χ2v) is 8.29. The molecule has 0 spiro atoms. The molecule has 1 aromatic heterocycles. The molecule has 190 valence electrons. The Morgan fingerprint density at radius 2 is 1.97 bits per heavy atom. The Morgan fingerprint density at radius 1 is 1.17 bits per heavy atom. The number of halogens is 4. The smallest absolute Gasteiger partial charge is 0.416 e. The van der Waals surface area contributed by atoms with Gasteiger partial charge in [-0.2, -0.15) is 13.2 Å². The van der Waals surface area contributed by atoms with Crippen LogP contribution in [0.4, 0.5) is 23.4 Å². The number of ether oxygens (including phenoxy) is 1. The van der Waals surface area contributed by atoms with Crippen molar-refractivity contribution in [3.63, 3.8) is 0 Å². The standard InChI is InChI=1S/C24H27F4N3O4/c25-18-13-16(12-17(14-18)24(26,27)28)22(32)31-20(23(33)34)8-11-35-10-2-1-5-19-7-6-15-4-3-9-29-21(15)30-19/h6-7,12-14,20H,1-5,8-11H2,(H,29,30)(H,31,32)(H,33,34)/t20-/m0/s1. The van der Waals surface area contributed by atoms with Gasteiger partial charge in [-0.1, -0.05) is 6.07 Å². The van der Waals surface area contributed by atoms with E-state index in [-0.39, 0.29) is 19.1 Å². The number of benzene rings is 1. The van der Waals surface area contributed by atoms with Gasteiger partial charge in [-0.3, -0.25) is 4.79 Å². The molecule has 11 heteroatoms. The number of carboxylic acid groups (broad SMARTS) is 1. The fourth-order valence-electron chi connectivity index (χ4n) is 3.70. The van der Waals surface area contributed by atoms with Gasteiger partial charge < -0.3 is 20.5 Å². The van der Waals surface area contributed by atoms with Crippen LogP contribution in [0.5, 0.6) is 0 Å². The van der Waals surface area contributed by atoms with Crippen LogP contribution in [-0.2, 0) is 28.5 Å². The highest BCUT2D eigenvalue weighted by Crippen LogP contribution is 2.30. The van der Waals surface area contributed by atoms with Crippen molar-refractivity contribution in [2.45, 2.75) is 50.7 Å². The number of alkyl halides is 3. The fourth-order valence-corrected chi connectivity index (χ4v) is 3.70. The molecule has 0 radical (unpaired) electrons. The summed E-state index contributed by atoms with van der Waals surface area (Å²) in [6.45, 7) is 1.32. The van der Waals surface area contributed by atoms with Crippen molar-refractivity contribution in [1.29, 1.82) is 0 Å². The van der Waals surface area contributed by atoms with E-state index in [0.717, 1.165) is 50.2 Å². The van der Waals surface area contributed by atoms with Crippen LogP contribution < -0.4 is 10.6 Å². The van der Waals surface area contributed by atoms with Crippen LogP contribution in [0, 0.1) is 5.82 Å². The minimum atomic E-state index is -4.84. The molecule has 7 nitrogen and oxygen atoms in total. The van der Waals surface area contributed by atoms with Crippen LogP contribution in [-0.4, -0.2) is 47.8 Å². The van der Waals surface area contributed by atoms with Gasteiger partial charge in [-0.15, -0.1) is 0 Å². The molecule has 0 bridgehead atoms. The second-order valence-electron chi connectivity index (χ2n) is 8.29. The summed E-state index contributed by atoms with van der Waals surface area (Å²) in [4.78, 5) is 28.3. The lowest BCUT2D eigenvalue weighted by Gasteiger charge is -2.17. The SMILES string of the molecule is O=C(N[C@@H](CCOCCCCc1ccc2c(n1)NCCC2)C(=O)O)c1cc(F)cc(C(F)(F)F)c1. The third-order valence-corrected chi connectivity index (χ3v) is 5.56. The number of aromatic nitrogens is 1. The van der Waals surface area contributed by atoms with E-state index < -0.39 is 41.0 Å². The number of aryl methyl sites for hydroxylation is 2. The zero-order valence-corrected chi connectivity index (χ0v) is 19.0. The van der Waals surface area contributed by atoms with Crippen molar-refractivity contribution >= 4 is 17.7 Å². The highest BCUT2D eigenvalue weighted by atomic mass is 19.4. The lowest BCUT2D eigenvalue weighted by atomic mass is 10.1. The van der Waals surface area contributed by atoms with Gasteiger partial charge in [-0.05, 0) is 61.9 Å². The number of nitrogens with zero attached hydrogens (tertiary/aromatic N) is 1. The van der Waals surface area contributed by atoms with Crippen LogP contribution >= 0.6 is 0 Å². The molecular formula is C24H27F4N3O4. The molecule has 2 aromatic rings. The number of anilines is 1. The van der Waals surface area contributed by atoms with Gasteiger partial charge in [0.15, 0.2) is 0 Å². The molecule has 0 saturated carbocycles. The molecule has 35 heavy (non-hydrogen) atoms. The first-order valence-corrected chi connectivity index (χ1v) is 11.4. The lowest BCUT2D eigenvalue weighted by Crippen LogP contribution is -2.41. The number of hydrogen-bond acceptors (Lipinski definition) is 5. The quantitative estimate of drug-likeness (QED) is 0.318. The maximum absolute atomic E-state index is 13.5. The first-order valence-electron chi connectivity index (χ1n) is 11.4. The molecule has 0 fully saturated rings. The van der Waals surface area contributed by atoms with E-state index in [9.17, 15) is 32.3 Å². The molecule has 2 heterocycles. The van der Waals surface area contributed by atoms with Crippen LogP contribution in [0.25, 0.3) is 0 Å². The summed E-state index contributed by atoms with van der Waals surface area (Å²) in [7, 11) is 0. The maximum Gasteiger partial charge on any atom is 0.416 e. The summed E-state index contributed by atoms with van der Waals surface area (Å²) < 4.78 is 57.5. The van der Waals surface area contributed by atoms with E-state index in [1.165, 1.54) is 5.56 Å². The van der Waals surface area contributed by atoms with Crippen LogP contribution in [0.1, 0.15) is 52.9 Å². The maximum atomic E-state index is 13.5. The van der Waals surface area contributed by atoms with Gasteiger partial charge in [-0.25, -0.2) is 14.2 Å². The number of carboxylic acids is 1. The Balaban J connectivity index is 1.40. The van der Waals surface area contributed by atoms with Gasteiger partial charge in [0.1, 0.15) is 17.7 Å². The Kier molecular flexibility index (Phi) is 9.02. The number of carbonyl (C=O) groups excluding carboxylic acids is 1. The van der Waals surface area contributed by atoms with Gasteiger partial charge in [0.05, 0.1) is 5.56 Å². The largest absolute Gasteiger partial charge is 0.480 e. The molecular weight excluding hydrogens is 470 g/mol. The molecule has 0 saturated heterocycles. The summed E-state index contributed by atoms with van der Waals surface area (Å²) in [5.41, 5.74) is 0.259. The van der Waals surface area contributed by atoms with Crippen molar-refractivity contribution in [1.82, 2.24) is 10.3 Å². The minimum Gasteiger partial charge on any atom is -0.480 e. The number of pyridine rings is 1. The molecule has 1 aromatic carbocycles. The summed E-state index contributed by atoms with van der Waals surface area (Å²) in [5, 5.41) is 14.7. The third kappa shape index (κ3) is 7.91. The van der Waals surface area contributed by atoms with Crippen molar-refractivity contribution in [3.05, 3.63) is 58.5 Å². The van der Waals surface area contributed by atoms with Gasteiger partial charge in [0, 0.05) is 37.4 Å². The lowest BCUT2D eigenvalue weighted by molar-refractivity contribution is -0.140. The summed E-state index contributed by atoms with van der Waals surface area (Å²) in [5.74, 6) is -2.79. The number of carbonyl (C=O) groups is 2. The number of fused-ring (bicyclic) bond motifs is 1. The number of amides is 1. The fraction of sp³-hybridized carbons (Fsp3) is 0.458. The molecule has 1 aliphatic rings. The summed E-state index contributed by atoms with van der Waals surface area (Å²) in [6, 6.07) is 4.07. The zero-order chi connectivity index (χ0) is 25.4. The zero-order valence-electron chi connectivity index (χ0n) is 19.0. The number of rotatable bonds is 11. The van der Waals surface area contributed by atoms with Crippen molar-refractivity contribution in [3.8, 4) is 0 Å². The van der Waals surface area contributed by atoms with E-state index in [2.05, 4.69) is 21.7 Å². The monoisotopic (exact) mass is 497 g/mol. The average Bonchev–Trinajstić information content (AvgIpc) is 2.81. The Bertz CT molecular complexity index is 1050. The topological polar surface area (TPSA) is 101 Å². The normalized spacial score (nSPS) is 14.1. The molecule has 1 amide bonds. The first-order chi connectivity index (χ1) is 16.6. The molecule has 0 aliphatic carbocycles. The molecule has 3 N–H and O–H groups in total. The van der Waals surface area contributed by atoms with Crippen molar-refractivity contribution < 1.29 is 37.0 Å². The molecule has 1 atom stereocenters. The summed E-state index contributed by atoms with van der Waals surface area (Å²) in [6.07, 6.45) is -0.490. The van der Waals surface area contributed by atoms with E-state index in [1.807, 2.05) is 6.07 Å². The van der Waals surface area contributed by atoms with Crippen LogP contribution in [0.2, 0.25) is 0 Å². The first kappa shape index (κ1) is 26.4. The minimum absolute atomic E-state index is 0.0230. The van der Waals surface area contributed by atoms with E-state index in [4.69, 9.17) is 4.74 Å². The molecule has 3 rings (SSSR count). The van der Waals surface area contributed by atoms with E-state index in [1.54, 1.807) is 0 Å². The van der Waals surface area contributed by atoms with Crippen LogP contribution in [0.3, 0.4) is 0 Å². The number of aliphatic carboxylic acids is 1. The summed E-state index contributed by atoms with van der Waals surface area (Å²) >= 11 is 0. The van der Waals surface area contributed by atoms with Crippen molar-refractivity contribution in [2.24, 2.45) is 0 Å². The predicted octanol–water partition coefficient (Wildman–Crippen LogP) is 4.21. The Labute approximate surface area is 199 Å².